The maximum absolute atomic E-state index is 10.7. The highest BCUT2D eigenvalue weighted by atomic mass is 16.5. The Hall–Kier alpha value is -6.10. The predicted molar refractivity (Wildman–Crippen MR) is 225 cm³/mol. The average molecular weight is 751 g/mol. The average Bonchev–Trinajstić information content (AvgIpc) is 3.25. The fourth-order valence-corrected chi connectivity index (χ4v) is 4.98. The molecule has 0 aliphatic rings. The second-order valence-electron chi connectivity index (χ2n) is 11.7. The van der Waals surface area contributed by atoms with E-state index >= 15 is 0 Å². The molecule has 55 heavy (non-hydrogen) atoms. The number of benzene rings is 5. The van der Waals surface area contributed by atoms with Gasteiger partial charge in [0.25, 0.3) is 0 Å². The van der Waals surface area contributed by atoms with Gasteiger partial charge < -0.3 is 35.5 Å². The van der Waals surface area contributed by atoms with Crippen LogP contribution < -0.4 is 30.7 Å². The van der Waals surface area contributed by atoms with Crippen molar-refractivity contribution in [2.45, 2.75) is 31.7 Å². The van der Waals surface area contributed by atoms with Crippen molar-refractivity contribution in [3.63, 3.8) is 0 Å². The van der Waals surface area contributed by atoms with Crippen molar-refractivity contribution in [1.29, 1.82) is 0 Å². The van der Waals surface area contributed by atoms with Gasteiger partial charge in [0.2, 0.25) is 12.8 Å². The number of hydrogen-bond acceptors (Lipinski definition) is 8. The third kappa shape index (κ3) is 20.7. The zero-order chi connectivity index (χ0) is 41.3. The standard InChI is InChI=1S/C16H19NO.C16H16O.C9H11NO2.C2H7N.CH3NO.CH2O/c1-17-16(12-13-6-4-3-5-7-13)14-8-10-15(18-2)11-9-14;1-13(10-14-6-3-2-4-7-14)16-9-5-8-15(11-16)12-17;1-10(7-11)8-3-5-9(12-2)6-4-8;1-3-2;2-1-3;1-2/h3-11,16-17H,12H2,1-2H3;2-9,11-13H,10H2,1H3;3-7H,1-2H3;3H,1-2H3;1H,(H2,2,3);1H2/t16-;;;;;/m0...../s1. The lowest BCUT2D eigenvalue weighted by Crippen LogP contribution is -2.18. The number of nitrogens with two attached hydrogens (primary N) is 1. The van der Waals surface area contributed by atoms with Gasteiger partial charge in [-0.2, -0.15) is 0 Å². The number of carbonyl (C=O) groups excluding carboxylic acids is 4. The van der Waals surface area contributed by atoms with Crippen LogP contribution in [-0.2, 0) is 27.2 Å². The number of likely N-dealkylation sites (N-methyl/N-ethyl adjacent to an activating group) is 1. The lowest BCUT2D eigenvalue weighted by Gasteiger charge is -2.17. The van der Waals surface area contributed by atoms with Gasteiger partial charge in [-0.3, -0.25) is 14.4 Å². The molecule has 294 valence electrons. The summed E-state index contributed by atoms with van der Waals surface area (Å²) in [4.78, 5) is 39.2. The Bertz CT molecular complexity index is 1690. The number of carbonyl (C=O) groups is 4. The van der Waals surface area contributed by atoms with E-state index in [1.165, 1.54) is 27.2 Å². The van der Waals surface area contributed by atoms with Crippen LogP contribution in [0.4, 0.5) is 5.69 Å². The summed E-state index contributed by atoms with van der Waals surface area (Å²) in [5.41, 5.74) is 10.9. The van der Waals surface area contributed by atoms with E-state index in [1.807, 2.05) is 94.7 Å². The van der Waals surface area contributed by atoms with Gasteiger partial charge in [-0.25, -0.2) is 0 Å². The number of anilines is 1. The molecule has 2 amide bonds. The van der Waals surface area contributed by atoms with Gasteiger partial charge in [-0.05, 0) is 105 Å². The maximum Gasteiger partial charge on any atom is 0.213 e. The number of aldehydes is 1. The fraction of sp³-hybridized carbons (Fsp3) is 0.244. The van der Waals surface area contributed by atoms with E-state index in [0.29, 0.717) is 12.0 Å². The minimum absolute atomic E-state index is 0.250. The van der Waals surface area contributed by atoms with Gasteiger partial charge >= 0.3 is 0 Å². The van der Waals surface area contributed by atoms with E-state index in [-0.39, 0.29) is 6.41 Å². The second-order valence-corrected chi connectivity index (χ2v) is 11.7. The van der Waals surface area contributed by atoms with Gasteiger partial charge in [0.15, 0.2) is 0 Å². The molecular weight excluding hydrogens is 693 g/mol. The van der Waals surface area contributed by atoms with Crippen LogP contribution in [0.3, 0.4) is 0 Å². The molecule has 0 saturated heterocycles. The summed E-state index contributed by atoms with van der Waals surface area (Å²) in [6, 6.07) is 44.6. The number of primary amides is 1. The van der Waals surface area contributed by atoms with Crippen LogP contribution in [0.2, 0.25) is 0 Å². The quantitative estimate of drug-likeness (QED) is 0.115. The van der Waals surface area contributed by atoms with E-state index < -0.39 is 0 Å². The SMILES string of the molecule is C=O.CC(Cc1ccccc1)c1cccc(C=O)c1.CNC.CN[C@@H](Cc1ccccc1)c1ccc(OC)cc1.COc1ccc(N(C)C=O)cc1.NC=O. The molecule has 0 aromatic heterocycles. The Kier molecular flexibility index (Phi) is 27.9. The molecule has 10 nitrogen and oxygen atoms in total. The summed E-state index contributed by atoms with van der Waals surface area (Å²) in [7, 11) is 10.7. The van der Waals surface area contributed by atoms with Crippen molar-refractivity contribution in [2.75, 3.05) is 47.3 Å². The first-order valence-corrected chi connectivity index (χ1v) is 17.5. The molecule has 4 N–H and O–H groups in total. The van der Waals surface area contributed by atoms with E-state index in [1.54, 1.807) is 21.3 Å². The Balaban J connectivity index is 0.000000736. The first-order chi connectivity index (χ1) is 26.7. The minimum atomic E-state index is 0.250. The summed E-state index contributed by atoms with van der Waals surface area (Å²) < 4.78 is 10.2. The third-order valence-corrected chi connectivity index (χ3v) is 7.79. The largest absolute Gasteiger partial charge is 0.497 e. The van der Waals surface area contributed by atoms with Crippen LogP contribution in [0.5, 0.6) is 11.5 Å². The summed E-state index contributed by atoms with van der Waals surface area (Å²) in [6.07, 6.45) is 3.91. The number of nitrogens with one attached hydrogen (secondary N) is 2. The fourth-order valence-electron chi connectivity index (χ4n) is 4.98. The first kappa shape index (κ1) is 48.9. The molecule has 0 fully saturated rings. The van der Waals surface area contributed by atoms with Crippen LogP contribution in [0, 0.1) is 0 Å². The van der Waals surface area contributed by atoms with Gasteiger partial charge in [0, 0.05) is 24.3 Å². The predicted octanol–water partition coefficient (Wildman–Crippen LogP) is 7.08. The van der Waals surface area contributed by atoms with Crippen LogP contribution in [-0.4, -0.2) is 68.3 Å². The van der Waals surface area contributed by atoms with Crippen LogP contribution >= 0.6 is 0 Å². The van der Waals surface area contributed by atoms with Crippen molar-refractivity contribution in [1.82, 2.24) is 10.6 Å². The molecule has 0 bridgehead atoms. The van der Waals surface area contributed by atoms with Crippen molar-refractivity contribution in [2.24, 2.45) is 5.73 Å². The molecule has 0 aliphatic carbocycles. The summed E-state index contributed by atoms with van der Waals surface area (Å²) in [6.45, 7) is 4.19. The zero-order valence-corrected chi connectivity index (χ0v) is 33.2. The smallest absolute Gasteiger partial charge is 0.213 e. The molecule has 0 aliphatic heterocycles. The Morgan fingerprint density at radius 2 is 1.13 bits per heavy atom. The number of amides is 2. The number of nitrogens with zero attached hydrogens (tertiary/aromatic N) is 1. The van der Waals surface area contributed by atoms with Gasteiger partial charge in [0.05, 0.1) is 14.2 Å². The number of rotatable bonds is 12. The molecule has 5 rings (SSSR count). The normalized spacial score (nSPS) is 10.3. The van der Waals surface area contributed by atoms with E-state index in [0.717, 1.165) is 48.3 Å². The molecule has 0 spiro atoms. The van der Waals surface area contributed by atoms with Crippen molar-refractivity contribution in [3.05, 3.63) is 161 Å². The summed E-state index contributed by atoms with van der Waals surface area (Å²) in [5, 5.41) is 6.11. The molecule has 0 saturated carbocycles. The van der Waals surface area contributed by atoms with Crippen molar-refractivity contribution < 1.29 is 28.7 Å². The Morgan fingerprint density at radius 1 is 0.673 bits per heavy atom. The van der Waals surface area contributed by atoms with Crippen molar-refractivity contribution >= 4 is 31.6 Å². The molecular formula is C45H58N4O6. The number of methoxy groups -OCH3 is 2. The minimum Gasteiger partial charge on any atom is -0.497 e. The first-order valence-electron chi connectivity index (χ1n) is 17.5. The number of hydrogen-bond donors (Lipinski definition) is 3. The third-order valence-electron chi connectivity index (χ3n) is 7.79. The molecule has 2 atom stereocenters. The van der Waals surface area contributed by atoms with Crippen LogP contribution in [0.25, 0.3) is 0 Å². The van der Waals surface area contributed by atoms with Gasteiger partial charge in [-0.1, -0.05) is 97.9 Å². The van der Waals surface area contributed by atoms with Gasteiger partial charge in [0.1, 0.15) is 24.6 Å². The van der Waals surface area contributed by atoms with E-state index in [9.17, 15) is 9.59 Å². The summed E-state index contributed by atoms with van der Waals surface area (Å²) in [5.74, 6) is 2.11. The van der Waals surface area contributed by atoms with Gasteiger partial charge in [-0.15, -0.1) is 0 Å². The van der Waals surface area contributed by atoms with Crippen LogP contribution in [0.1, 0.15) is 51.5 Å². The highest BCUT2D eigenvalue weighted by Gasteiger charge is 2.10. The van der Waals surface area contributed by atoms with Crippen molar-refractivity contribution in [3.8, 4) is 11.5 Å². The highest BCUT2D eigenvalue weighted by molar-refractivity contribution is 5.75. The highest BCUT2D eigenvalue weighted by Crippen LogP contribution is 2.22. The molecule has 0 heterocycles. The van der Waals surface area contributed by atoms with Crippen LogP contribution in [0.15, 0.2) is 133 Å². The monoisotopic (exact) mass is 750 g/mol. The maximum atomic E-state index is 10.7. The zero-order valence-electron chi connectivity index (χ0n) is 33.2. The Morgan fingerprint density at radius 3 is 1.55 bits per heavy atom. The Labute approximate surface area is 327 Å². The molecule has 10 heteroatoms. The topological polar surface area (TPSA) is 140 Å². The lowest BCUT2D eigenvalue weighted by molar-refractivity contribution is -0.107. The second kappa shape index (κ2) is 31.4. The van der Waals surface area contributed by atoms with E-state index in [2.05, 4.69) is 90.0 Å². The lowest BCUT2D eigenvalue weighted by atomic mass is 9.93. The number of ether oxygens (including phenoxy) is 2. The summed E-state index contributed by atoms with van der Waals surface area (Å²) >= 11 is 0. The molecule has 5 aromatic carbocycles. The molecule has 5 aromatic rings. The van der Waals surface area contributed by atoms with E-state index in [4.69, 9.17) is 19.1 Å². The molecule has 0 radical (unpaired) electrons. The molecule has 1 unspecified atom stereocenters.